The zero-order chi connectivity index (χ0) is 68.0. The highest BCUT2D eigenvalue weighted by Crippen LogP contribution is 2.54. The van der Waals surface area contributed by atoms with Gasteiger partial charge in [-0.3, -0.25) is 9.13 Å². The van der Waals surface area contributed by atoms with Crippen LogP contribution in [0.3, 0.4) is 0 Å². The van der Waals surface area contributed by atoms with E-state index in [1.165, 1.54) is 87.8 Å². The first-order valence-electron chi connectivity index (χ1n) is 35.5. The maximum atomic E-state index is 5.74. The minimum Gasteiger partial charge on any atom is -0.292 e. The van der Waals surface area contributed by atoms with Crippen LogP contribution in [0.2, 0.25) is 0 Å². The first-order chi connectivity index (χ1) is 50.8. The predicted octanol–water partition coefficient (Wildman–Crippen LogP) is 25.8. The lowest BCUT2D eigenvalue weighted by Crippen LogP contribution is -2.15. The molecule has 0 amide bonds. The van der Waals surface area contributed by atoms with E-state index in [0.717, 1.165) is 122 Å². The molecule has 5 heteroatoms. The van der Waals surface area contributed by atoms with Gasteiger partial charge in [-0.05, 0) is 200 Å². The van der Waals surface area contributed by atoms with Crippen molar-refractivity contribution >= 4 is 97.7 Å². The Hall–Kier alpha value is -13.4. The Bertz CT molecular complexity index is 6900. The van der Waals surface area contributed by atoms with Crippen molar-refractivity contribution in [2.24, 2.45) is 0 Å². The predicted molar refractivity (Wildman–Crippen MR) is 432 cm³/mol. The fourth-order valence-electron chi connectivity index (χ4n) is 17.0. The number of benzene rings is 17. The lowest BCUT2D eigenvalue weighted by Gasteiger charge is -2.23. The summed E-state index contributed by atoms with van der Waals surface area (Å²) in [6.45, 7) is 4.83. The number of fused-ring (bicyclic) bond motifs is 14. The van der Waals surface area contributed by atoms with E-state index in [1.54, 1.807) is 0 Å². The Morgan fingerprint density at radius 1 is 0.233 bits per heavy atom. The molecule has 5 nitrogen and oxygen atoms in total. The summed E-state index contributed by atoms with van der Waals surface area (Å²) in [7, 11) is 0. The minimum absolute atomic E-state index is 0.310. The summed E-state index contributed by atoms with van der Waals surface area (Å²) < 4.78 is 4.54. The second kappa shape index (κ2) is 22.8. The zero-order valence-corrected chi connectivity index (χ0v) is 56.6. The second-order valence-electron chi connectivity index (χ2n) is 28.2. The molecule has 3 aromatic heterocycles. The number of para-hydroxylation sites is 6. The van der Waals surface area contributed by atoms with Crippen LogP contribution in [0.15, 0.2) is 346 Å². The SMILES string of the molecule is CC1(C)c2cc(-c3ccc4ccc5c(-c6ccc(-c7ccc(-c8nc9ccccc9n8-c8ccccc8)cc7)cc6)c6ccc7ccccc7c6nc5c4c3)ccc2-c2cc3c(-c4ccc(-c5nc6ccccc6n5-c5ccccc5)cc4)c4cccc(-c5ccc6ccccc6c5)c4cc3cc21. The van der Waals surface area contributed by atoms with E-state index in [4.69, 9.17) is 15.0 Å². The van der Waals surface area contributed by atoms with Crippen LogP contribution in [0.25, 0.3) is 199 Å². The fraction of sp³-hybridized carbons (Fsp3) is 0.0306. The van der Waals surface area contributed by atoms with Crippen molar-refractivity contribution in [3.63, 3.8) is 0 Å². The van der Waals surface area contributed by atoms with E-state index < -0.39 is 0 Å². The molecular weight excluding hydrogens is 1250 g/mol. The summed E-state index contributed by atoms with van der Waals surface area (Å²) in [5.41, 5.74) is 27.0. The molecule has 1 aliphatic carbocycles. The highest BCUT2D eigenvalue weighted by molar-refractivity contribution is 6.22. The van der Waals surface area contributed by atoms with Gasteiger partial charge in [0, 0.05) is 55.0 Å². The molecule has 0 saturated heterocycles. The van der Waals surface area contributed by atoms with Gasteiger partial charge in [0.05, 0.1) is 33.1 Å². The quantitative estimate of drug-likeness (QED) is 0.107. The van der Waals surface area contributed by atoms with Crippen LogP contribution in [0.1, 0.15) is 25.0 Å². The Morgan fingerprint density at radius 3 is 1.35 bits per heavy atom. The third-order valence-electron chi connectivity index (χ3n) is 22.1. The molecule has 0 unspecified atom stereocenters. The number of hydrogen-bond donors (Lipinski definition) is 0. The highest BCUT2D eigenvalue weighted by atomic mass is 15.1. The van der Waals surface area contributed by atoms with Gasteiger partial charge >= 0.3 is 0 Å². The zero-order valence-electron chi connectivity index (χ0n) is 56.6. The third-order valence-corrected chi connectivity index (χ3v) is 22.1. The normalized spacial score (nSPS) is 12.6. The summed E-state index contributed by atoms with van der Waals surface area (Å²) >= 11 is 0. The van der Waals surface area contributed by atoms with Gasteiger partial charge < -0.3 is 0 Å². The smallest absolute Gasteiger partial charge is 0.145 e. The van der Waals surface area contributed by atoms with Gasteiger partial charge in [0.15, 0.2) is 0 Å². The Kier molecular flexibility index (Phi) is 13.0. The van der Waals surface area contributed by atoms with Gasteiger partial charge in [-0.15, -0.1) is 0 Å². The summed E-state index contributed by atoms with van der Waals surface area (Å²) in [4.78, 5) is 16.2. The van der Waals surface area contributed by atoms with Crippen molar-refractivity contribution < 1.29 is 0 Å². The Balaban J connectivity index is 0.676. The van der Waals surface area contributed by atoms with Crippen molar-refractivity contribution in [2.45, 2.75) is 19.3 Å². The second-order valence-corrected chi connectivity index (χ2v) is 28.2. The molecule has 480 valence electrons. The maximum Gasteiger partial charge on any atom is 0.145 e. The third kappa shape index (κ3) is 9.29. The van der Waals surface area contributed by atoms with Crippen LogP contribution in [0.4, 0.5) is 0 Å². The summed E-state index contributed by atoms with van der Waals surface area (Å²) in [6, 6.07) is 127. The molecule has 0 N–H and O–H groups in total. The fourth-order valence-corrected chi connectivity index (χ4v) is 17.0. The number of hydrogen-bond acceptors (Lipinski definition) is 3. The molecule has 0 aliphatic heterocycles. The van der Waals surface area contributed by atoms with E-state index in [1.807, 2.05) is 0 Å². The molecule has 0 fully saturated rings. The van der Waals surface area contributed by atoms with E-state index in [0.29, 0.717) is 0 Å². The largest absolute Gasteiger partial charge is 0.292 e. The molecule has 21 rings (SSSR count). The number of aromatic nitrogens is 5. The number of rotatable bonds is 9. The number of pyridine rings is 1. The van der Waals surface area contributed by atoms with E-state index in [2.05, 4.69) is 369 Å². The maximum absolute atomic E-state index is 5.74. The monoisotopic (exact) mass is 1310 g/mol. The van der Waals surface area contributed by atoms with Gasteiger partial charge in [-0.2, -0.15) is 0 Å². The molecule has 103 heavy (non-hydrogen) atoms. The summed E-state index contributed by atoms with van der Waals surface area (Å²) in [6.07, 6.45) is 0. The average molecular weight is 1310 g/mol. The minimum atomic E-state index is -0.310. The lowest BCUT2D eigenvalue weighted by molar-refractivity contribution is 0.661. The van der Waals surface area contributed by atoms with Gasteiger partial charge in [-0.1, -0.05) is 275 Å². The molecule has 0 radical (unpaired) electrons. The molecule has 17 aromatic carbocycles. The van der Waals surface area contributed by atoms with Gasteiger partial charge in [0.25, 0.3) is 0 Å². The topological polar surface area (TPSA) is 48.5 Å². The van der Waals surface area contributed by atoms with Crippen molar-refractivity contribution in [3.8, 4) is 101 Å². The molecule has 0 bridgehead atoms. The molecule has 0 spiro atoms. The molecule has 0 saturated carbocycles. The van der Waals surface area contributed by atoms with Crippen LogP contribution in [0.5, 0.6) is 0 Å². The number of nitrogens with zero attached hydrogens (tertiary/aromatic N) is 5. The highest BCUT2D eigenvalue weighted by Gasteiger charge is 2.37. The van der Waals surface area contributed by atoms with Crippen molar-refractivity contribution in [2.75, 3.05) is 0 Å². The summed E-state index contributed by atoms with van der Waals surface area (Å²) in [5.74, 6) is 1.83. The lowest BCUT2D eigenvalue weighted by atomic mass is 9.80. The average Bonchev–Trinajstić information content (AvgIpc) is 1.70. The van der Waals surface area contributed by atoms with Crippen molar-refractivity contribution in [1.29, 1.82) is 0 Å². The molecule has 0 atom stereocenters. The molecular formula is C98H63N5. The van der Waals surface area contributed by atoms with E-state index >= 15 is 0 Å². The van der Waals surface area contributed by atoms with Gasteiger partial charge in [0.2, 0.25) is 0 Å². The van der Waals surface area contributed by atoms with Crippen molar-refractivity contribution in [3.05, 3.63) is 357 Å². The van der Waals surface area contributed by atoms with Gasteiger partial charge in [0.1, 0.15) is 11.6 Å². The van der Waals surface area contributed by atoms with Gasteiger partial charge in [-0.25, -0.2) is 15.0 Å². The Labute approximate surface area is 595 Å². The van der Waals surface area contributed by atoms with Crippen LogP contribution >= 0.6 is 0 Å². The molecule has 3 heterocycles. The first kappa shape index (κ1) is 58.6. The van der Waals surface area contributed by atoms with Crippen LogP contribution in [0, 0.1) is 0 Å². The molecule has 1 aliphatic rings. The Morgan fingerprint density at radius 2 is 0.699 bits per heavy atom. The van der Waals surface area contributed by atoms with Crippen molar-refractivity contribution in [1.82, 2.24) is 24.1 Å². The standard InChI is InChI=1S/C98H63N5/c1-98(2)86-57-71(50-51-78(86)85-59-82-73(58-87(85)98)56-84-76(72-47-36-60-18-9-10-20-69(60)54-72)26-17-27-79(84)92(82)65-40-44-68(45-41-65)97-100-89-29-14-16-31-91(89)103(97)75-23-7-4-8-24-75)70-46-37-64-49-53-81-93(80-52-48-63-19-11-12-25-77(63)94(80)101-95(81)83(64)55-70)66-38-32-61(33-39-66)62-34-42-67(43-35-62)96-99-88-28-13-15-30-90(88)102(96)74-21-5-3-6-22-74/h3-59H,1-2H3. The molecule has 20 aromatic rings. The number of imidazole rings is 2. The summed E-state index contributed by atoms with van der Waals surface area (Å²) in [5, 5.41) is 14.2. The van der Waals surface area contributed by atoms with Crippen LogP contribution in [-0.4, -0.2) is 24.1 Å². The first-order valence-corrected chi connectivity index (χ1v) is 35.5. The van der Waals surface area contributed by atoms with E-state index in [9.17, 15) is 0 Å². The van der Waals surface area contributed by atoms with E-state index in [-0.39, 0.29) is 5.41 Å². The van der Waals surface area contributed by atoms with Crippen LogP contribution in [-0.2, 0) is 5.41 Å². The van der Waals surface area contributed by atoms with Crippen LogP contribution < -0.4 is 0 Å².